The van der Waals surface area contributed by atoms with Gasteiger partial charge in [-0.2, -0.15) is 5.10 Å². The fourth-order valence-corrected chi connectivity index (χ4v) is 2.36. The molecule has 0 bridgehead atoms. The van der Waals surface area contributed by atoms with E-state index in [9.17, 15) is 14.9 Å². The maximum absolute atomic E-state index is 11.9. The predicted molar refractivity (Wildman–Crippen MR) is 80.7 cm³/mol. The minimum Gasteiger partial charge on any atom is -0.462 e. The molecule has 2 aromatic rings. The first-order chi connectivity index (χ1) is 10.4. The van der Waals surface area contributed by atoms with E-state index in [4.69, 9.17) is 16.3 Å². The molecular weight excluding hydrogens is 310 g/mol. The van der Waals surface area contributed by atoms with Gasteiger partial charge in [-0.05, 0) is 39.0 Å². The highest BCUT2D eigenvalue weighted by atomic mass is 35.5. The van der Waals surface area contributed by atoms with Crippen LogP contribution in [0.4, 0.5) is 5.69 Å². The molecule has 0 fully saturated rings. The number of hydrogen-bond acceptors (Lipinski definition) is 5. The van der Waals surface area contributed by atoms with Crippen LogP contribution in [0.3, 0.4) is 0 Å². The van der Waals surface area contributed by atoms with Crippen molar-refractivity contribution < 1.29 is 14.5 Å². The summed E-state index contributed by atoms with van der Waals surface area (Å²) in [6, 6.07) is 4.67. The fourth-order valence-electron chi connectivity index (χ4n) is 2.16. The average Bonchev–Trinajstić information content (AvgIpc) is 2.74. The second-order valence-corrected chi connectivity index (χ2v) is 4.98. The van der Waals surface area contributed by atoms with Crippen LogP contribution in [-0.2, 0) is 4.74 Å². The van der Waals surface area contributed by atoms with Gasteiger partial charge in [0.15, 0.2) is 0 Å². The molecule has 0 saturated carbocycles. The minimum absolute atomic E-state index is 0.0485. The zero-order valence-electron chi connectivity index (χ0n) is 12.3. The molecule has 22 heavy (non-hydrogen) atoms. The van der Waals surface area contributed by atoms with E-state index in [0.717, 1.165) is 0 Å². The monoisotopic (exact) mass is 323 g/mol. The Morgan fingerprint density at radius 2 is 2.14 bits per heavy atom. The molecule has 7 nitrogen and oxygen atoms in total. The third-order valence-electron chi connectivity index (χ3n) is 3.13. The van der Waals surface area contributed by atoms with Crippen LogP contribution in [-0.4, -0.2) is 27.3 Å². The van der Waals surface area contributed by atoms with Gasteiger partial charge < -0.3 is 4.74 Å². The van der Waals surface area contributed by atoms with Crippen LogP contribution in [0, 0.1) is 24.0 Å². The topological polar surface area (TPSA) is 87.3 Å². The Morgan fingerprint density at radius 3 is 2.68 bits per heavy atom. The molecule has 2 rings (SSSR count). The smallest absolute Gasteiger partial charge is 0.339 e. The van der Waals surface area contributed by atoms with Crippen LogP contribution in [0.15, 0.2) is 18.2 Å². The molecule has 0 amide bonds. The van der Waals surface area contributed by atoms with Crippen molar-refractivity contribution in [2.45, 2.75) is 20.8 Å². The lowest BCUT2D eigenvalue weighted by atomic mass is 10.2. The molecule has 116 valence electrons. The molecule has 1 heterocycles. The molecule has 8 heteroatoms. The summed E-state index contributed by atoms with van der Waals surface area (Å²) in [7, 11) is 0. The molecular formula is C14H14ClN3O4. The first kappa shape index (κ1) is 16.0. The number of ether oxygens (including phenoxy) is 1. The van der Waals surface area contributed by atoms with Gasteiger partial charge in [-0.25, -0.2) is 9.48 Å². The van der Waals surface area contributed by atoms with E-state index >= 15 is 0 Å². The van der Waals surface area contributed by atoms with Crippen molar-refractivity contribution in [2.75, 3.05) is 6.61 Å². The molecule has 0 aliphatic heterocycles. The summed E-state index contributed by atoms with van der Waals surface area (Å²) in [5, 5.41) is 15.5. The quantitative estimate of drug-likeness (QED) is 0.489. The van der Waals surface area contributed by atoms with E-state index < -0.39 is 10.9 Å². The largest absolute Gasteiger partial charge is 0.462 e. The van der Waals surface area contributed by atoms with E-state index in [2.05, 4.69) is 5.10 Å². The molecule has 0 N–H and O–H groups in total. The maximum atomic E-state index is 11.9. The van der Waals surface area contributed by atoms with Gasteiger partial charge in [0.1, 0.15) is 11.4 Å². The Morgan fingerprint density at radius 1 is 1.45 bits per heavy atom. The lowest BCUT2D eigenvalue weighted by Gasteiger charge is -2.08. The number of aryl methyl sites for hydroxylation is 1. The van der Waals surface area contributed by atoms with Crippen LogP contribution < -0.4 is 0 Å². The number of benzene rings is 1. The molecule has 0 unspecified atom stereocenters. The third-order valence-corrected chi connectivity index (χ3v) is 3.46. The molecule has 0 aliphatic carbocycles. The second-order valence-electron chi connectivity index (χ2n) is 4.57. The fraction of sp³-hybridized carbons (Fsp3) is 0.286. The normalized spacial score (nSPS) is 10.5. The van der Waals surface area contributed by atoms with E-state index in [0.29, 0.717) is 17.1 Å². The first-order valence-electron chi connectivity index (χ1n) is 6.54. The summed E-state index contributed by atoms with van der Waals surface area (Å²) < 4.78 is 6.35. The Labute approximate surface area is 131 Å². The van der Waals surface area contributed by atoms with E-state index in [1.165, 1.54) is 16.8 Å². The molecule has 0 saturated heterocycles. The van der Waals surface area contributed by atoms with Crippen molar-refractivity contribution >= 4 is 23.3 Å². The third kappa shape index (κ3) is 2.80. The van der Waals surface area contributed by atoms with Crippen molar-refractivity contribution in [1.82, 2.24) is 9.78 Å². The number of carbonyl (C=O) groups is 1. The zero-order valence-corrected chi connectivity index (χ0v) is 13.0. The second kappa shape index (κ2) is 6.15. The summed E-state index contributed by atoms with van der Waals surface area (Å²) in [6.45, 7) is 5.07. The van der Waals surface area contributed by atoms with Gasteiger partial charge in [0.2, 0.25) is 0 Å². The molecule has 0 atom stereocenters. The lowest BCUT2D eigenvalue weighted by molar-refractivity contribution is -0.386. The summed E-state index contributed by atoms with van der Waals surface area (Å²) >= 11 is 6.00. The van der Waals surface area contributed by atoms with Crippen LogP contribution in [0.25, 0.3) is 5.69 Å². The van der Waals surface area contributed by atoms with Gasteiger partial charge in [0.05, 0.1) is 27.8 Å². The summed E-state index contributed by atoms with van der Waals surface area (Å²) in [5.41, 5.74) is 1.32. The number of aromatic nitrogens is 2. The van der Waals surface area contributed by atoms with E-state index in [1.807, 2.05) is 0 Å². The van der Waals surface area contributed by atoms with Gasteiger partial charge in [0, 0.05) is 0 Å². The predicted octanol–water partition coefficient (Wildman–Crippen LogP) is 3.23. The number of nitrogens with zero attached hydrogens (tertiary/aromatic N) is 3. The molecule has 0 aliphatic rings. The SMILES string of the molecule is CCOC(=O)c1cc(-n2nc(C)c([N+](=O)[O-])c2C)ccc1Cl. The van der Waals surface area contributed by atoms with Gasteiger partial charge in [-0.15, -0.1) is 0 Å². The number of halogens is 1. The van der Waals surface area contributed by atoms with E-state index in [-0.39, 0.29) is 22.9 Å². The standard InChI is InChI=1S/C14H14ClN3O4/c1-4-22-14(19)11-7-10(5-6-12(11)15)17-9(3)13(18(20)21)8(2)16-17/h5-7H,4H2,1-3H3. The maximum Gasteiger partial charge on any atom is 0.339 e. The Kier molecular flexibility index (Phi) is 4.46. The van der Waals surface area contributed by atoms with E-state index in [1.54, 1.807) is 26.8 Å². The van der Waals surface area contributed by atoms with Gasteiger partial charge in [-0.3, -0.25) is 10.1 Å². The number of rotatable bonds is 4. The molecule has 1 aromatic carbocycles. The van der Waals surface area contributed by atoms with Crippen molar-refractivity contribution in [1.29, 1.82) is 0 Å². The summed E-state index contributed by atoms with van der Waals surface area (Å²) in [5.74, 6) is -0.551. The van der Waals surface area contributed by atoms with Crippen molar-refractivity contribution in [3.05, 3.63) is 50.3 Å². The summed E-state index contributed by atoms with van der Waals surface area (Å²) in [6.07, 6.45) is 0. The van der Waals surface area contributed by atoms with Crippen LogP contribution in [0.1, 0.15) is 28.7 Å². The highest BCUT2D eigenvalue weighted by Crippen LogP contribution is 2.27. The number of esters is 1. The number of carbonyl (C=O) groups excluding carboxylic acids is 1. The summed E-state index contributed by atoms with van der Waals surface area (Å²) in [4.78, 5) is 22.5. The Bertz CT molecular complexity index is 755. The van der Waals surface area contributed by atoms with Gasteiger partial charge in [0.25, 0.3) is 0 Å². The molecule has 0 spiro atoms. The Hall–Kier alpha value is -2.41. The molecule has 1 aromatic heterocycles. The first-order valence-corrected chi connectivity index (χ1v) is 6.92. The number of nitro groups is 1. The highest BCUT2D eigenvalue weighted by Gasteiger charge is 2.23. The van der Waals surface area contributed by atoms with Crippen molar-refractivity contribution in [2.24, 2.45) is 0 Å². The van der Waals surface area contributed by atoms with Crippen molar-refractivity contribution in [3.8, 4) is 5.69 Å². The lowest BCUT2D eigenvalue weighted by Crippen LogP contribution is -2.07. The van der Waals surface area contributed by atoms with Crippen molar-refractivity contribution in [3.63, 3.8) is 0 Å². The average molecular weight is 324 g/mol. The van der Waals surface area contributed by atoms with Crippen LogP contribution in [0.5, 0.6) is 0 Å². The zero-order chi connectivity index (χ0) is 16.4. The van der Waals surface area contributed by atoms with Gasteiger partial charge >= 0.3 is 11.7 Å². The van der Waals surface area contributed by atoms with Crippen LogP contribution >= 0.6 is 11.6 Å². The highest BCUT2D eigenvalue weighted by molar-refractivity contribution is 6.33. The molecule has 0 radical (unpaired) electrons. The number of hydrogen-bond donors (Lipinski definition) is 0. The minimum atomic E-state index is -0.551. The van der Waals surface area contributed by atoms with Crippen LogP contribution in [0.2, 0.25) is 5.02 Å². The van der Waals surface area contributed by atoms with Gasteiger partial charge in [-0.1, -0.05) is 11.6 Å². The Balaban J connectivity index is 2.55.